The molecule has 0 N–H and O–H groups in total. The van der Waals surface area contributed by atoms with Gasteiger partial charge in [-0.15, -0.1) is 0 Å². The van der Waals surface area contributed by atoms with Crippen molar-refractivity contribution in [3.63, 3.8) is 0 Å². The quantitative estimate of drug-likeness (QED) is 0.837. The average molecular weight is 333 g/mol. The second kappa shape index (κ2) is 7.17. The Morgan fingerprint density at radius 1 is 1.42 bits per heavy atom. The maximum atomic E-state index is 12.6. The fourth-order valence-electron chi connectivity index (χ4n) is 3.05. The van der Waals surface area contributed by atoms with Gasteiger partial charge < -0.3 is 18.6 Å². The molecule has 1 amide bonds. The summed E-state index contributed by atoms with van der Waals surface area (Å²) in [7, 11) is 0. The van der Waals surface area contributed by atoms with Gasteiger partial charge in [0.2, 0.25) is 5.91 Å². The molecule has 2 atom stereocenters. The van der Waals surface area contributed by atoms with Gasteiger partial charge in [0.05, 0.1) is 6.04 Å². The minimum Gasteiger partial charge on any atom is -0.464 e. The summed E-state index contributed by atoms with van der Waals surface area (Å²) in [5.41, 5.74) is 0. The number of carbonyl (C=O) groups is 1. The summed E-state index contributed by atoms with van der Waals surface area (Å²) in [6.07, 6.45) is 1.90. The number of hydrogen-bond donors (Lipinski definition) is 0. The molecule has 1 aliphatic rings. The zero-order chi connectivity index (χ0) is 17.1. The predicted octanol–water partition coefficient (Wildman–Crippen LogP) is 2.80. The lowest BCUT2D eigenvalue weighted by atomic mass is 9.91. The summed E-state index contributed by atoms with van der Waals surface area (Å²) in [6.45, 7) is 6.71. The number of aryl methyl sites for hydroxylation is 2. The standard InChI is InChI=1S/C17H23N3O4/c1-11-6-7-20(14(8-11)15-5-4-12(2)23-15)17(21)10-22-9-16-18-13(3)19-24-16/h4-5,11,14H,6-10H2,1-3H3/t11-,14-/m0/s1. The number of piperidine rings is 1. The minimum absolute atomic E-state index is 0.00794. The molecule has 7 nitrogen and oxygen atoms in total. The summed E-state index contributed by atoms with van der Waals surface area (Å²) in [4.78, 5) is 18.5. The van der Waals surface area contributed by atoms with Gasteiger partial charge in [-0.05, 0) is 44.7 Å². The number of rotatable bonds is 5. The maximum absolute atomic E-state index is 12.6. The molecule has 1 aliphatic heterocycles. The molecule has 0 unspecified atom stereocenters. The molecule has 1 fully saturated rings. The summed E-state index contributed by atoms with van der Waals surface area (Å²) in [5.74, 6) is 3.16. The van der Waals surface area contributed by atoms with Crippen LogP contribution in [0.4, 0.5) is 0 Å². The number of nitrogens with zero attached hydrogens (tertiary/aromatic N) is 3. The smallest absolute Gasteiger partial charge is 0.252 e. The van der Waals surface area contributed by atoms with Crippen LogP contribution in [0.5, 0.6) is 0 Å². The van der Waals surface area contributed by atoms with Crippen molar-refractivity contribution in [3.05, 3.63) is 35.4 Å². The van der Waals surface area contributed by atoms with E-state index >= 15 is 0 Å². The van der Waals surface area contributed by atoms with Crippen molar-refractivity contribution < 1.29 is 18.5 Å². The number of carbonyl (C=O) groups excluding carboxylic acids is 1. The normalized spacial score (nSPS) is 21.2. The highest BCUT2D eigenvalue weighted by molar-refractivity contribution is 5.78. The molecule has 0 spiro atoms. The van der Waals surface area contributed by atoms with Crippen LogP contribution in [-0.2, 0) is 16.1 Å². The van der Waals surface area contributed by atoms with Gasteiger partial charge in [0.25, 0.3) is 5.89 Å². The van der Waals surface area contributed by atoms with Crippen molar-refractivity contribution >= 4 is 5.91 Å². The van der Waals surface area contributed by atoms with Crippen molar-refractivity contribution in [2.24, 2.45) is 5.92 Å². The fourth-order valence-corrected chi connectivity index (χ4v) is 3.05. The summed E-state index contributed by atoms with van der Waals surface area (Å²) in [6, 6.07) is 3.87. The molecule has 130 valence electrons. The third-order valence-corrected chi connectivity index (χ3v) is 4.30. The van der Waals surface area contributed by atoms with Crippen molar-refractivity contribution in [2.75, 3.05) is 13.2 Å². The summed E-state index contributed by atoms with van der Waals surface area (Å²) in [5, 5.41) is 3.69. The van der Waals surface area contributed by atoms with Crippen LogP contribution in [0.25, 0.3) is 0 Å². The number of ether oxygens (including phenoxy) is 1. The van der Waals surface area contributed by atoms with Gasteiger partial charge in [-0.2, -0.15) is 4.98 Å². The van der Waals surface area contributed by atoms with Crippen LogP contribution >= 0.6 is 0 Å². The van der Waals surface area contributed by atoms with Gasteiger partial charge in [0.15, 0.2) is 5.82 Å². The number of amides is 1. The molecule has 24 heavy (non-hydrogen) atoms. The first-order chi connectivity index (χ1) is 11.5. The van der Waals surface area contributed by atoms with E-state index in [0.717, 1.165) is 24.4 Å². The van der Waals surface area contributed by atoms with Gasteiger partial charge in [0, 0.05) is 6.54 Å². The van der Waals surface area contributed by atoms with E-state index in [1.807, 2.05) is 24.0 Å². The Morgan fingerprint density at radius 2 is 2.25 bits per heavy atom. The molecule has 3 heterocycles. The van der Waals surface area contributed by atoms with Crippen LogP contribution in [0.1, 0.15) is 49.0 Å². The van der Waals surface area contributed by atoms with Crippen LogP contribution in [-0.4, -0.2) is 34.1 Å². The monoisotopic (exact) mass is 333 g/mol. The van der Waals surface area contributed by atoms with E-state index in [1.165, 1.54) is 0 Å². The van der Waals surface area contributed by atoms with Crippen LogP contribution in [0, 0.1) is 19.8 Å². The minimum atomic E-state index is -0.0443. The summed E-state index contributed by atoms with van der Waals surface area (Å²) >= 11 is 0. The molecular weight excluding hydrogens is 310 g/mol. The molecule has 0 saturated carbocycles. The van der Waals surface area contributed by atoms with E-state index in [9.17, 15) is 4.79 Å². The number of furan rings is 1. The van der Waals surface area contributed by atoms with Crippen molar-refractivity contribution in [1.29, 1.82) is 0 Å². The maximum Gasteiger partial charge on any atom is 0.252 e. The lowest BCUT2D eigenvalue weighted by Gasteiger charge is -2.37. The third kappa shape index (κ3) is 3.84. The number of likely N-dealkylation sites (tertiary alicyclic amines) is 1. The lowest BCUT2D eigenvalue weighted by Crippen LogP contribution is -2.42. The largest absolute Gasteiger partial charge is 0.464 e. The molecule has 0 radical (unpaired) electrons. The van der Waals surface area contributed by atoms with Crippen LogP contribution in [0.2, 0.25) is 0 Å². The highest BCUT2D eigenvalue weighted by Crippen LogP contribution is 2.34. The molecule has 3 rings (SSSR count). The second-order valence-electron chi connectivity index (χ2n) is 6.41. The highest BCUT2D eigenvalue weighted by atomic mass is 16.5. The van der Waals surface area contributed by atoms with Crippen LogP contribution in [0.15, 0.2) is 21.1 Å². The first-order valence-electron chi connectivity index (χ1n) is 8.25. The molecule has 2 aromatic rings. The molecule has 0 aliphatic carbocycles. The first-order valence-corrected chi connectivity index (χ1v) is 8.25. The van der Waals surface area contributed by atoms with Crippen molar-refractivity contribution in [2.45, 2.75) is 46.3 Å². The van der Waals surface area contributed by atoms with E-state index in [1.54, 1.807) is 6.92 Å². The Kier molecular flexibility index (Phi) is 4.99. The average Bonchev–Trinajstić information content (AvgIpc) is 3.15. The van der Waals surface area contributed by atoms with Gasteiger partial charge in [-0.3, -0.25) is 4.79 Å². The molecule has 7 heteroatoms. The first kappa shape index (κ1) is 16.7. The van der Waals surface area contributed by atoms with Crippen LogP contribution < -0.4 is 0 Å². The molecule has 2 aromatic heterocycles. The molecular formula is C17H23N3O4. The van der Waals surface area contributed by atoms with E-state index in [-0.39, 0.29) is 25.2 Å². The Bertz CT molecular complexity index is 694. The Morgan fingerprint density at radius 3 is 2.92 bits per heavy atom. The molecule has 0 bridgehead atoms. The fraction of sp³-hybridized carbons (Fsp3) is 0.588. The SMILES string of the molecule is Cc1noc(COCC(=O)N2CC[C@H](C)C[C@H]2c2ccc(C)o2)n1. The highest BCUT2D eigenvalue weighted by Gasteiger charge is 2.32. The third-order valence-electron chi connectivity index (χ3n) is 4.30. The lowest BCUT2D eigenvalue weighted by molar-refractivity contribution is -0.142. The Labute approximate surface area is 141 Å². The van der Waals surface area contributed by atoms with Gasteiger partial charge >= 0.3 is 0 Å². The zero-order valence-electron chi connectivity index (χ0n) is 14.3. The summed E-state index contributed by atoms with van der Waals surface area (Å²) < 4.78 is 16.2. The van der Waals surface area contributed by atoms with E-state index in [0.29, 0.717) is 24.2 Å². The van der Waals surface area contributed by atoms with Gasteiger partial charge in [-0.1, -0.05) is 12.1 Å². The number of aromatic nitrogens is 2. The van der Waals surface area contributed by atoms with Crippen molar-refractivity contribution in [3.8, 4) is 0 Å². The molecule has 0 aromatic carbocycles. The topological polar surface area (TPSA) is 81.6 Å². The van der Waals surface area contributed by atoms with E-state index in [4.69, 9.17) is 13.7 Å². The van der Waals surface area contributed by atoms with Crippen molar-refractivity contribution in [1.82, 2.24) is 15.0 Å². The van der Waals surface area contributed by atoms with Crippen LogP contribution in [0.3, 0.4) is 0 Å². The second-order valence-corrected chi connectivity index (χ2v) is 6.41. The zero-order valence-corrected chi connectivity index (χ0v) is 14.3. The Balaban J connectivity index is 1.60. The number of hydrogen-bond acceptors (Lipinski definition) is 6. The van der Waals surface area contributed by atoms with Gasteiger partial charge in [0.1, 0.15) is 24.7 Å². The van der Waals surface area contributed by atoms with Gasteiger partial charge in [-0.25, -0.2) is 0 Å². The Hall–Kier alpha value is -2.15. The van der Waals surface area contributed by atoms with E-state index in [2.05, 4.69) is 17.1 Å². The van der Waals surface area contributed by atoms with E-state index < -0.39 is 0 Å². The predicted molar refractivity (Wildman–Crippen MR) is 85.0 cm³/mol. The molecule has 1 saturated heterocycles.